The summed E-state index contributed by atoms with van der Waals surface area (Å²) in [5, 5.41) is 15.8. The SMILES string of the molecule is OCCNc1ccc(-c2nc(-c3ccncc3)no2)cc1. The third-order valence-electron chi connectivity index (χ3n) is 2.94. The molecule has 0 unspecified atom stereocenters. The van der Waals surface area contributed by atoms with Crippen molar-refractivity contribution < 1.29 is 9.63 Å². The van der Waals surface area contributed by atoms with Crippen LogP contribution < -0.4 is 5.32 Å². The number of hydrogen-bond donors (Lipinski definition) is 2. The van der Waals surface area contributed by atoms with Crippen LogP contribution in [0.1, 0.15) is 0 Å². The summed E-state index contributed by atoms with van der Waals surface area (Å²) < 4.78 is 5.28. The number of nitrogens with zero attached hydrogens (tertiary/aromatic N) is 3. The molecule has 3 rings (SSSR count). The Morgan fingerprint density at radius 2 is 1.76 bits per heavy atom. The molecule has 0 radical (unpaired) electrons. The van der Waals surface area contributed by atoms with Crippen LogP contribution in [-0.4, -0.2) is 33.4 Å². The molecule has 3 aromatic rings. The number of anilines is 1. The van der Waals surface area contributed by atoms with E-state index in [9.17, 15) is 0 Å². The van der Waals surface area contributed by atoms with Crippen LogP contribution in [-0.2, 0) is 0 Å². The Balaban J connectivity index is 1.80. The van der Waals surface area contributed by atoms with Crippen LogP contribution in [0.2, 0.25) is 0 Å². The predicted molar refractivity (Wildman–Crippen MR) is 78.5 cm³/mol. The topological polar surface area (TPSA) is 84.1 Å². The first-order valence-corrected chi connectivity index (χ1v) is 6.56. The molecule has 6 heteroatoms. The molecule has 0 saturated heterocycles. The van der Waals surface area contributed by atoms with Crippen molar-refractivity contribution in [2.45, 2.75) is 0 Å². The Morgan fingerprint density at radius 1 is 1.00 bits per heavy atom. The van der Waals surface area contributed by atoms with Crippen LogP contribution in [0.3, 0.4) is 0 Å². The summed E-state index contributed by atoms with van der Waals surface area (Å²) in [6.45, 7) is 0.618. The van der Waals surface area contributed by atoms with Gasteiger partial charge in [-0.1, -0.05) is 5.16 Å². The fourth-order valence-corrected chi connectivity index (χ4v) is 1.89. The van der Waals surface area contributed by atoms with Crippen LogP contribution in [0.25, 0.3) is 22.8 Å². The normalized spacial score (nSPS) is 10.5. The Bertz CT molecular complexity index is 695. The van der Waals surface area contributed by atoms with Crippen LogP contribution in [0.5, 0.6) is 0 Å². The summed E-state index contributed by atoms with van der Waals surface area (Å²) in [6.07, 6.45) is 3.37. The van der Waals surface area contributed by atoms with Gasteiger partial charge in [-0.2, -0.15) is 4.98 Å². The first kappa shape index (κ1) is 13.3. The van der Waals surface area contributed by atoms with Gasteiger partial charge in [0.15, 0.2) is 0 Å². The minimum Gasteiger partial charge on any atom is -0.395 e. The monoisotopic (exact) mass is 282 g/mol. The van der Waals surface area contributed by atoms with Crippen LogP contribution >= 0.6 is 0 Å². The second-order valence-corrected chi connectivity index (χ2v) is 4.39. The number of aliphatic hydroxyl groups is 1. The molecule has 0 atom stereocenters. The molecule has 0 aliphatic heterocycles. The summed E-state index contributed by atoms with van der Waals surface area (Å²) in [7, 11) is 0. The molecule has 1 aromatic carbocycles. The molecule has 2 N–H and O–H groups in total. The molecule has 0 aliphatic rings. The zero-order valence-corrected chi connectivity index (χ0v) is 11.2. The molecule has 2 aromatic heterocycles. The molecule has 106 valence electrons. The molecule has 0 spiro atoms. The molecular formula is C15H14N4O2. The highest BCUT2D eigenvalue weighted by atomic mass is 16.5. The highest BCUT2D eigenvalue weighted by molar-refractivity contribution is 5.61. The van der Waals surface area contributed by atoms with Crippen molar-refractivity contribution in [3.05, 3.63) is 48.8 Å². The van der Waals surface area contributed by atoms with E-state index in [-0.39, 0.29) is 6.61 Å². The van der Waals surface area contributed by atoms with Crippen LogP contribution in [0.4, 0.5) is 5.69 Å². The lowest BCUT2D eigenvalue weighted by molar-refractivity contribution is 0.311. The third kappa shape index (κ3) is 3.06. The van der Waals surface area contributed by atoms with Gasteiger partial charge in [0.25, 0.3) is 5.89 Å². The van der Waals surface area contributed by atoms with Crippen molar-refractivity contribution in [1.82, 2.24) is 15.1 Å². The predicted octanol–water partition coefficient (Wildman–Crippen LogP) is 2.20. The number of benzene rings is 1. The molecular weight excluding hydrogens is 268 g/mol. The van der Waals surface area contributed by atoms with Gasteiger partial charge in [-0.25, -0.2) is 0 Å². The van der Waals surface area contributed by atoms with E-state index in [0.29, 0.717) is 18.3 Å². The van der Waals surface area contributed by atoms with E-state index in [1.54, 1.807) is 12.4 Å². The lowest BCUT2D eigenvalue weighted by Crippen LogP contribution is -2.04. The molecule has 0 aliphatic carbocycles. The average molecular weight is 282 g/mol. The van der Waals surface area contributed by atoms with Gasteiger partial charge in [-0.15, -0.1) is 0 Å². The van der Waals surface area contributed by atoms with Crippen molar-refractivity contribution in [3.63, 3.8) is 0 Å². The van der Waals surface area contributed by atoms with Gasteiger partial charge < -0.3 is 14.9 Å². The lowest BCUT2D eigenvalue weighted by Gasteiger charge is -2.03. The highest BCUT2D eigenvalue weighted by Gasteiger charge is 2.10. The Morgan fingerprint density at radius 3 is 2.48 bits per heavy atom. The van der Waals surface area contributed by atoms with Gasteiger partial charge in [0.2, 0.25) is 5.82 Å². The Labute approximate surface area is 121 Å². The molecule has 0 amide bonds. The summed E-state index contributed by atoms with van der Waals surface area (Å²) in [5.74, 6) is 1.01. The van der Waals surface area contributed by atoms with Gasteiger partial charge >= 0.3 is 0 Å². The standard InChI is InChI=1S/C15H14N4O2/c20-10-9-17-13-3-1-12(2-4-13)15-18-14(19-21-15)11-5-7-16-8-6-11/h1-8,17,20H,9-10H2. The van der Waals surface area contributed by atoms with Crippen molar-refractivity contribution in [2.75, 3.05) is 18.5 Å². The maximum absolute atomic E-state index is 8.77. The van der Waals surface area contributed by atoms with Gasteiger partial charge in [-0.3, -0.25) is 4.98 Å². The van der Waals surface area contributed by atoms with E-state index >= 15 is 0 Å². The fraction of sp³-hybridized carbons (Fsp3) is 0.133. The van der Waals surface area contributed by atoms with Gasteiger partial charge in [0, 0.05) is 35.8 Å². The van der Waals surface area contributed by atoms with Crippen molar-refractivity contribution >= 4 is 5.69 Å². The second kappa shape index (κ2) is 6.15. The Kier molecular flexibility index (Phi) is 3.88. The maximum Gasteiger partial charge on any atom is 0.258 e. The molecule has 0 fully saturated rings. The van der Waals surface area contributed by atoms with Crippen LogP contribution in [0, 0.1) is 0 Å². The number of hydrogen-bond acceptors (Lipinski definition) is 6. The van der Waals surface area contributed by atoms with Crippen molar-refractivity contribution in [2.24, 2.45) is 0 Å². The van der Waals surface area contributed by atoms with E-state index in [1.807, 2.05) is 36.4 Å². The highest BCUT2D eigenvalue weighted by Crippen LogP contribution is 2.23. The first-order valence-electron chi connectivity index (χ1n) is 6.56. The molecule has 21 heavy (non-hydrogen) atoms. The largest absolute Gasteiger partial charge is 0.395 e. The zero-order chi connectivity index (χ0) is 14.5. The minimum atomic E-state index is 0.0979. The first-order chi connectivity index (χ1) is 10.4. The number of nitrogens with one attached hydrogen (secondary N) is 1. The molecule has 0 bridgehead atoms. The number of rotatable bonds is 5. The fourth-order valence-electron chi connectivity index (χ4n) is 1.89. The van der Waals surface area contributed by atoms with E-state index in [1.165, 1.54) is 0 Å². The minimum absolute atomic E-state index is 0.0979. The quantitative estimate of drug-likeness (QED) is 0.746. The molecule has 0 saturated carbocycles. The smallest absolute Gasteiger partial charge is 0.258 e. The summed E-state index contributed by atoms with van der Waals surface area (Å²) in [6, 6.07) is 11.3. The number of pyridine rings is 1. The zero-order valence-electron chi connectivity index (χ0n) is 11.2. The van der Waals surface area contributed by atoms with E-state index in [0.717, 1.165) is 16.8 Å². The molecule has 6 nitrogen and oxygen atoms in total. The Hall–Kier alpha value is -2.73. The molecule has 2 heterocycles. The number of aliphatic hydroxyl groups excluding tert-OH is 1. The van der Waals surface area contributed by atoms with Crippen LogP contribution in [0.15, 0.2) is 53.3 Å². The third-order valence-corrected chi connectivity index (χ3v) is 2.94. The summed E-state index contributed by atoms with van der Waals surface area (Å²) >= 11 is 0. The summed E-state index contributed by atoms with van der Waals surface area (Å²) in [5.41, 5.74) is 2.64. The van der Waals surface area contributed by atoms with Gasteiger partial charge in [0.1, 0.15) is 0 Å². The van der Waals surface area contributed by atoms with Gasteiger partial charge in [-0.05, 0) is 36.4 Å². The maximum atomic E-state index is 8.77. The van der Waals surface area contributed by atoms with Crippen molar-refractivity contribution in [3.8, 4) is 22.8 Å². The second-order valence-electron chi connectivity index (χ2n) is 4.39. The average Bonchev–Trinajstić information content (AvgIpc) is 3.04. The lowest BCUT2D eigenvalue weighted by atomic mass is 10.2. The summed E-state index contributed by atoms with van der Waals surface area (Å²) in [4.78, 5) is 8.34. The number of aromatic nitrogens is 3. The van der Waals surface area contributed by atoms with E-state index in [4.69, 9.17) is 9.63 Å². The van der Waals surface area contributed by atoms with Crippen molar-refractivity contribution in [1.29, 1.82) is 0 Å². The van der Waals surface area contributed by atoms with E-state index < -0.39 is 0 Å². The van der Waals surface area contributed by atoms with Gasteiger partial charge in [0.05, 0.1) is 6.61 Å². The van der Waals surface area contributed by atoms with E-state index in [2.05, 4.69) is 20.4 Å².